The molecule has 0 bridgehead atoms. The van der Waals surface area contributed by atoms with Crippen molar-refractivity contribution >= 4 is 30.5 Å². The Balaban J connectivity index is 0.00000160. The SMILES string of the molecule is CCCC(CN1Cc2ccccc2C1)CN(OC)c1cccc2c1CCCC2.Cl.Cl. The molecule has 0 saturated heterocycles. The molecule has 0 spiro atoms. The summed E-state index contributed by atoms with van der Waals surface area (Å²) in [4.78, 5) is 8.53. The van der Waals surface area contributed by atoms with E-state index in [9.17, 15) is 0 Å². The summed E-state index contributed by atoms with van der Waals surface area (Å²) in [5.41, 5.74) is 7.33. The van der Waals surface area contributed by atoms with Crippen LogP contribution in [0.5, 0.6) is 0 Å². The zero-order chi connectivity index (χ0) is 19.3. The van der Waals surface area contributed by atoms with Crippen LogP contribution in [0.2, 0.25) is 0 Å². The van der Waals surface area contributed by atoms with Crippen molar-refractivity contribution in [2.75, 3.05) is 25.3 Å². The largest absolute Gasteiger partial charge is 0.294 e. The minimum absolute atomic E-state index is 0. The molecule has 2 aromatic carbocycles. The second-order valence-corrected chi connectivity index (χ2v) is 8.46. The van der Waals surface area contributed by atoms with E-state index in [-0.39, 0.29) is 24.8 Å². The molecule has 0 saturated carbocycles. The monoisotopic (exact) mass is 450 g/mol. The van der Waals surface area contributed by atoms with Crippen molar-refractivity contribution < 1.29 is 4.84 Å². The highest BCUT2D eigenvalue weighted by atomic mass is 35.5. The van der Waals surface area contributed by atoms with E-state index in [2.05, 4.69) is 59.4 Å². The van der Waals surface area contributed by atoms with Crippen LogP contribution >= 0.6 is 24.8 Å². The minimum atomic E-state index is 0. The third-order valence-electron chi connectivity index (χ3n) is 6.40. The molecule has 0 aromatic heterocycles. The first-order valence-electron chi connectivity index (χ1n) is 11.0. The number of nitrogens with zero attached hydrogens (tertiary/aromatic N) is 2. The van der Waals surface area contributed by atoms with Gasteiger partial charge in [0.05, 0.1) is 12.8 Å². The van der Waals surface area contributed by atoms with Crippen molar-refractivity contribution in [2.45, 2.75) is 58.5 Å². The van der Waals surface area contributed by atoms with Crippen LogP contribution in [0.3, 0.4) is 0 Å². The molecule has 166 valence electrons. The summed E-state index contributed by atoms with van der Waals surface area (Å²) in [6, 6.07) is 15.6. The Morgan fingerprint density at radius 2 is 1.60 bits per heavy atom. The van der Waals surface area contributed by atoms with Crippen molar-refractivity contribution in [3.63, 3.8) is 0 Å². The molecule has 1 atom stereocenters. The zero-order valence-electron chi connectivity index (χ0n) is 18.3. The number of hydrogen-bond acceptors (Lipinski definition) is 3. The Hall–Kier alpha value is -1.26. The van der Waals surface area contributed by atoms with Gasteiger partial charge in [0.25, 0.3) is 0 Å². The van der Waals surface area contributed by atoms with Gasteiger partial charge < -0.3 is 0 Å². The molecule has 0 radical (unpaired) electrons. The van der Waals surface area contributed by atoms with E-state index in [0.717, 1.165) is 26.2 Å². The molecule has 0 N–H and O–H groups in total. The average molecular weight is 451 g/mol. The molecule has 0 amide bonds. The van der Waals surface area contributed by atoms with E-state index >= 15 is 0 Å². The van der Waals surface area contributed by atoms with Gasteiger partial charge in [-0.3, -0.25) is 14.8 Å². The van der Waals surface area contributed by atoms with Crippen LogP contribution in [-0.2, 0) is 30.8 Å². The van der Waals surface area contributed by atoms with Gasteiger partial charge >= 0.3 is 0 Å². The Morgan fingerprint density at radius 1 is 0.933 bits per heavy atom. The van der Waals surface area contributed by atoms with Crippen LogP contribution in [0.15, 0.2) is 42.5 Å². The molecule has 0 fully saturated rings. The fourth-order valence-electron chi connectivity index (χ4n) is 5.05. The highest BCUT2D eigenvalue weighted by Gasteiger charge is 2.24. The van der Waals surface area contributed by atoms with Gasteiger partial charge in [0.1, 0.15) is 0 Å². The lowest BCUT2D eigenvalue weighted by Gasteiger charge is -2.32. The Morgan fingerprint density at radius 3 is 2.27 bits per heavy atom. The van der Waals surface area contributed by atoms with Gasteiger partial charge in [-0.25, -0.2) is 0 Å². The zero-order valence-corrected chi connectivity index (χ0v) is 19.9. The van der Waals surface area contributed by atoms with Crippen molar-refractivity contribution in [1.29, 1.82) is 0 Å². The third kappa shape index (κ3) is 5.70. The summed E-state index contributed by atoms with van der Waals surface area (Å²) in [7, 11) is 1.83. The first kappa shape index (κ1) is 25.0. The van der Waals surface area contributed by atoms with E-state index in [0.29, 0.717) is 5.92 Å². The number of fused-ring (bicyclic) bond motifs is 2. The van der Waals surface area contributed by atoms with Crippen molar-refractivity contribution in [1.82, 2.24) is 4.90 Å². The first-order chi connectivity index (χ1) is 13.8. The molecular weight excluding hydrogens is 415 g/mol. The van der Waals surface area contributed by atoms with Crippen LogP contribution in [0.1, 0.15) is 54.9 Å². The molecule has 1 heterocycles. The van der Waals surface area contributed by atoms with Gasteiger partial charge in [-0.05, 0) is 66.3 Å². The van der Waals surface area contributed by atoms with Crippen LogP contribution in [0.4, 0.5) is 5.69 Å². The van der Waals surface area contributed by atoms with Crippen LogP contribution < -0.4 is 5.06 Å². The maximum absolute atomic E-state index is 5.92. The number of aryl methyl sites for hydroxylation is 1. The third-order valence-corrected chi connectivity index (χ3v) is 6.40. The molecule has 1 aliphatic carbocycles. The summed E-state index contributed by atoms with van der Waals surface area (Å²) < 4.78 is 0. The summed E-state index contributed by atoms with van der Waals surface area (Å²) in [6.07, 6.45) is 7.47. The molecule has 1 unspecified atom stereocenters. The Labute approximate surface area is 194 Å². The second-order valence-electron chi connectivity index (χ2n) is 8.46. The molecule has 2 aromatic rings. The molecule has 1 aliphatic heterocycles. The smallest absolute Gasteiger partial charge is 0.0671 e. The van der Waals surface area contributed by atoms with E-state index in [4.69, 9.17) is 4.84 Å². The van der Waals surface area contributed by atoms with Gasteiger partial charge in [0.15, 0.2) is 0 Å². The van der Waals surface area contributed by atoms with Gasteiger partial charge in [0.2, 0.25) is 0 Å². The second kappa shape index (κ2) is 12.0. The number of benzene rings is 2. The van der Waals surface area contributed by atoms with E-state index in [1.165, 1.54) is 66.5 Å². The average Bonchev–Trinajstić information content (AvgIpc) is 3.14. The lowest BCUT2D eigenvalue weighted by Crippen LogP contribution is -2.35. The summed E-state index contributed by atoms with van der Waals surface area (Å²) in [6.45, 7) is 6.58. The van der Waals surface area contributed by atoms with Crippen LogP contribution in [0, 0.1) is 5.92 Å². The predicted molar refractivity (Wildman–Crippen MR) is 131 cm³/mol. The predicted octanol–water partition coefficient (Wildman–Crippen LogP) is 6.21. The lowest BCUT2D eigenvalue weighted by atomic mass is 9.90. The Bertz CT molecular complexity index is 773. The Kier molecular flexibility index (Phi) is 9.96. The van der Waals surface area contributed by atoms with Crippen molar-refractivity contribution in [3.05, 3.63) is 64.7 Å². The van der Waals surface area contributed by atoms with Gasteiger partial charge in [-0.15, -0.1) is 24.8 Å². The number of rotatable bonds is 8. The molecule has 2 aliphatic rings. The summed E-state index contributed by atoms with van der Waals surface area (Å²) >= 11 is 0. The van der Waals surface area contributed by atoms with Gasteiger partial charge in [-0.2, -0.15) is 0 Å². The van der Waals surface area contributed by atoms with E-state index < -0.39 is 0 Å². The number of hydroxylamine groups is 1. The fraction of sp³-hybridized carbons (Fsp3) is 0.520. The number of halogens is 2. The van der Waals surface area contributed by atoms with E-state index in [1.54, 1.807) is 0 Å². The minimum Gasteiger partial charge on any atom is -0.294 e. The quantitative estimate of drug-likeness (QED) is 0.444. The maximum Gasteiger partial charge on any atom is 0.0671 e. The highest BCUT2D eigenvalue weighted by Crippen LogP contribution is 2.32. The lowest BCUT2D eigenvalue weighted by molar-refractivity contribution is 0.137. The molecule has 5 heteroatoms. The van der Waals surface area contributed by atoms with E-state index in [1.807, 2.05) is 7.11 Å². The number of anilines is 1. The van der Waals surface area contributed by atoms with Gasteiger partial charge in [0, 0.05) is 26.2 Å². The van der Waals surface area contributed by atoms with Crippen molar-refractivity contribution in [2.24, 2.45) is 5.92 Å². The molecule has 4 rings (SSSR count). The summed E-state index contributed by atoms with van der Waals surface area (Å²) in [5.74, 6) is 0.610. The van der Waals surface area contributed by atoms with Crippen LogP contribution in [-0.4, -0.2) is 25.1 Å². The first-order valence-corrected chi connectivity index (χ1v) is 11.0. The molecule has 30 heavy (non-hydrogen) atoms. The van der Waals surface area contributed by atoms with Crippen molar-refractivity contribution in [3.8, 4) is 0 Å². The summed E-state index contributed by atoms with van der Waals surface area (Å²) in [5, 5.41) is 2.17. The standard InChI is InChI=1S/C25H34N2O.2ClH/c1-3-9-20(16-26-18-22-11-4-5-12-23(22)19-26)17-27(28-2)25-15-8-13-21-10-6-7-14-24(21)25;;/h4-5,8,11-13,15,20H,3,6-7,9-10,14,16-19H2,1-2H3;2*1H. The highest BCUT2D eigenvalue weighted by molar-refractivity contribution is 5.85. The van der Waals surface area contributed by atoms with Crippen LogP contribution in [0.25, 0.3) is 0 Å². The normalized spacial score (nSPS) is 16.1. The molecule has 3 nitrogen and oxygen atoms in total. The van der Waals surface area contributed by atoms with Gasteiger partial charge in [-0.1, -0.05) is 49.7 Å². The maximum atomic E-state index is 5.92. The fourth-order valence-corrected chi connectivity index (χ4v) is 5.05. The molecular formula is C25H36Cl2N2O. The topological polar surface area (TPSA) is 15.7 Å². The number of hydrogen-bond donors (Lipinski definition) is 0.